The van der Waals surface area contributed by atoms with E-state index in [1.807, 2.05) is 0 Å². The summed E-state index contributed by atoms with van der Waals surface area (Å²) in [4.78, 5) is 0. The molecule has 0 rings (SSSR count). The maximum absolute atomic E-state index is 7.65. The summed E-state index contributed by atoms with van der Waals surface area (Å²) in [5.74, 6) is 0. The summed E-state index contributed by atoms with van der Waals surface area (Å²) >= 11 is -4.52. The summed E-state index contributed by atoms with van der Waals surface area (Å²) in [6, 6.07) is 0. The van der Waals surface area contributed by atoms with Crippen LogP contribution in [0.3, 0.4) is 0 Å². The summed E-state index contributed by atoms with van der Waals surface area (Å²) in [7, 11) is 3.69. The number of rotatable bonds is 0. The van der Waals surface area contributed by atoms with Crippen LogP contribution in [0, 0.1) is 0 Å². The molecular formula is H3O3SSb. The van der Waals surface area contributed by atoms with Crippen molar-refractivity contribution in [1.82, 2.24) is 0 Å². The van der Waals surface area contributed by atoms with Crippen molar-refractivity contribution in [2.75, 3.05) is 0 Å². The van der Waals surface area contributed by atoms with E-state index in [9.17, 15) is 0 Å². The van der Waals surface area contributed by atoms with Gasteiger partial charge in [0.15, 0.2) is 0 Å². The molecule has 0 amide bonds. The molecule has 0 spiro atoms. The molecule has 0 aliphatic heterocycles. The minimum absolute atomic E-state index is 3.69. The molecule has 0 unspecified atom stereocenters. The monoisotopic (exact) mass is 204 g/mol. The molecule has 0 bridgehead atoms. The topological polar surface area (TPSA) is 60.7 Å². The van der Waals surface area contributed by atoms with Crippen LogP contribution in [0.4, 0.5) is 0 Å². The molecule has 0 saturated heterocycles. The first-order valence-electron chi connectivity index (χ1n) is 0.783. The first-order valence-corrected chi connectivity index (χ1v) is 7.70. The van der Waals surface area contributed by atoms with Gasteiger partial charge in [-0.2, -0.15) is 0 Å². The van der Waals surface area contributed by atoms with Crippen molar-refractivity contribution >= 4 is 27.3 Å². The Morgan fingerprint density at radius 3 is 1.20 bits per heavy atom. The number of hydrogen-bond acceptors (Lipinski definition) is 1. The van der Waals surface area contributed by atoms with Crippen LogP contribution >= 0.6 is 9.19 Å². The normalized spacial score (nSPS) is 11.8. The molecule has 3 nitrogen and oxygen atoms in total. The van der Waals surface area contributed by atoms with Crippen LogP contribution in [-0.4, -0.2) is 28.3 Å². The standard InChI is InChI=1S/3H2O.S.Sb/h3*1H2;;/q;;;;+3/p-3. The Labute approximate surface area is 37.7 Å². The van der Waals surface area contributed by atoms with Crippen LogP contribution in [0.25, 0.3) is 0 Å². The zero-order valence-corrected chi connectivity index (χ0v) is 5.57. The van der Waals surface area contributed by atoms with Crippen LogP contribution in [0.2, 0.25) is 0 Å². The van der Waals surface area contributed by atoms with Gasteiger partial charge in [-0.3, -0.25) is 0 Å². The fourth-order valence-electron chi connectivity index (χ4n) is 0. The molecular weight excluding hydrogens is 202 g/mol. The first kappa shape index (κ1) is 5.92. The van der Waals surface area contributed by atoms with Gasteiger partial charge in [-0.1, -0.05) is 0 Å². The van der Waals surface area contributed by atoms with Gasteiger partial charge in [0.1, 0.15) is 0 Å². The zero-order valence-electron chi connectivity index (χ0n) is 2.20. The van der Waals surface area contributed by atoms with Gasteiger partial charge >= 0.3 is 37.4 Å². The fraction of sp³-hybridized carbons (Fsp3) is 0. The Kier molecular flexibility index (Phi) is 1.87. The third kappa shape index (κ3) is 49.7. The van der Waals surface area contributed by atoms with Crippen molar-refractivity contribution in [3.8, 4) is 0 Å². The molecule has 0 fully saturated rings. The summed E-state index contributed by atoms with van der Waals surface area (Å²) in [6.07, 6.45) is 0. The quantitative estimate of drug-likeness (QED) is 0.425. The van der Waals surface area contributed by atoms with Gasteiger partial charge in [-0.15, -0.1) is 0 Å². The summed E-state index contributed by atoms with van der Waals surface area (Å²) in [5, 5.41) is 0. The summed E-state index contributed by atoms with van der Waals surface area (Å²) in [5.41, 5.74) is 0. The predicted octanol–water partition coefficient (Wildman–Crippen LogP) is -1.40. The Morgan fingerprint density at radius 2 is 1.20 bits per heavy atom. The van der Waals surface area contributed by atoms with E-state index >= 15 is 0 Å². The van der Waals surface area contributed by atoms with E-state index in [1.165, 1.54) is 0 Å². The van der Waals surface area contributed by atoms with E-state index in [0.29, 0.717) is 0 Å². The molecule has 0 aliphatic rings. The van der Waals surface area contributed by atoms with E-state index in [2.05, 4.69) is 9.19 Å². The second-order valence-corrected chi connectivity index (χ2v) is 6.73. The summed E-state index contributed by atoms with van der Waals surface area (Å²) in [6.45, 7) is 0. The average Bonchev–Trinajstić information content (AvgIpc) is 0.722. The molecule has 0 atom stereocenters. The third-order valence-electron chi connectivity index (χ3n) is 0. The Hall–Kier alpha value is 0.918. The number of hydrogen-bond donors (Lipinski definition) is 3. The van der Waals surface area contributed by atoms with Crippen molar-refractivity contribution in [3.63, 3.8) is 0 Å². The van der Waals surface area contributed by atoms with Gasteiger partial charge in [0.05, 0.1) is 0 Å². The van der Waals surface area contributed by atoms with Crippen LogP contribution in [0.5, 0.6) is 0 Å². The van der Waals surface area contributed by atoms with Crippen molar-refractivity contribution < 1.29 is 10.2 Å². The van der Waals surface area contributed by atoms with E-state index < -0.39 is 18.1 Å². The van der Waals surface area contributed by atoms with E-state index in [-0.39, 0.29) is 0 Å². The second-order valence-electron chi connectivity index (χ2n) is 0.513. The molecule has 0 saturated carbocycles. The van der Waals surface area contributed by atoms with Crippen molar-refractivity contribution in [2.45, 2.75) is 0 Å². The van der Waals surface area contributed by atoms with Crippen molar-refractivity contribution in [3.05, 3.63) is 0 Å². The molecule has 0 radical (unpaired) electrons. The Bertz CT molecular complexity index is 53.0. The zero-order chi connectivity index (χ0) is 4.50. The molecule has 5 heteroatoms. The van der Waals surface area contributed by atoms with Gasteiger partial charge in [0.2, 0.25) is 0 Å². The van der Waals surface area contributed by atoms with E-state index in [4.69, 9.17) is 10.2 Å². The van der Waals surface area contributed by atoms with Crippen LogP contribution < -0.4 is 0 Å². The molecule has 32 valence electrons. The molecule has 0 heterocycles. The minimum atomic E-state index is -4.52. The van der Waals surface area contributed by atoms with Gasteiger partial charge in [0, 0.05) is 0 Å². The molecule has 0 aromatic heterocycles. The molecule has 3 N–H and O–H groups in total. The van der Waals surface area contributed by atoms with E-state index in [0.717, 1.165) is 0 Å². The second kappa shape index (κ2) is 1.58. The molecule has 5 heavy (non-hydrogen) atoms. The van der Waals surface area contributed by atoms with Crippen LogP contribution in [-0.2, 0) is 0 Å². The van der Waals surface area contributed by atoms with Gasteiger partial charge in [-0.25, -0.2) is 0 Å². The van der Waals surface area contributed by atoms with Gasteiger partial charge < -0.3 is 0 Å². The predicted molar refractivity (Wildman–Crippen MR) is 20.0 cm³/mol. The molecule has 0 aliphatic carbocycles. The van der Waals surface area contributed by atoms with E-state index in [1.54, 1.807) is 0 Å². The summed E-state index contributed by atoms with van der Waals surface area (Å²) < 4.78 is 22.9. The fourth-order valence-corrected chi connectivity index (χ4v) is 0. The van der Waals surface area contributed by atoms with Gasteiger partial charge in [-0.05, 0) is 0 Å². The van der Waals surface area contributed by atoms with Crippen molar-refractivity contribution in [1.29, 1.82) is 0 Å². The molecule has 0 aromatic carbocycles. The third-order valence-corrected chi connectivity index (χ3v) is 0. The maximum atomic E-state index is 7.65. The van der Waals surface area contributed by atoms with Crippen LogP contribution in [0.15, 0.2) is 0 Å². The Morgan fingerprint density at radius 1 is 1.20 bits per heavy atom. The SMILES string of the molecule is [OH][Sb]([OH])([OH])=[S]. The van der Waals surface area contributed by atoms with Gasteiger partial charge in [0.25, 0.3) is 0 Å². The van der Waals surface area contributed by atoms with Crippen molar-refractivity contribution in [2.24, 2.45) is 0 Å². The van der Waals surface area contributed by atoms with Crippen LogP contribution in [0.1, 0.15) is 0 Å². The average molecular weight is 205 g/mol. The molecule has 0 aromatic rings. The first-order chi connectivity index (χ1) is 2.00. The Balaban J connectivity index is 3.47.